The molecule has 0 saturated heterocycles. The van der Waals surface area contributed by atoms with E-state index in [1.807, 2.05) is 24.3 Å². The Hall–Kier alpha value is -3.06. The van der Waals surface area contributed by atoms with Crippen LogP contribution in [0.2, 0.25) is 0 Å². The standard InChI is InChI=1S/C24H37N7O5/c1-19(2)25-9-13-35-15-16-36-14-10-26-22(32)7-11-34-12-8-23(33)27-17-20-3-5-21(6-4-20)24-30-28-18-29-31-24/h3-6,18-19,25H,7-17H2,1-2H3,(H,26,32)(H,27,33). The number of carbonyl (C=O) groups excluding carboxylic acids is 2. The van der Waals surface area contributed by atoms with Crippen molar-refractivity contribution in [3.05, 3.63) is 36.2 Å². The maximum atomic E-state index is 12.0. The zero-order valence-electron chi connectivity index (χ0n) is 21.1. The molecule has 1 aromatic heterocycles. The Labute approximate surface area is 211 Å². The van der Waals surface area contributed by atoms with Gasteiger partial charge in [0.25, 0.3) is 0 Å². The summed E-state index contributed by atoms with van der Waals surface area (Å²) < 4.78 is 16.2. The number of hydrogen-bond donors (Lipinski definition) is 3. The second kappa shape index (κ2) is 18.2. The third-order valence-electron chi connectivity index (χ3n) is 4.80. The van der Waals surface area contributed by atoms with Crippen molar-refractivity contribution in [2.75, 3.05) is 52.7 Å². The Morgan fingerprint density at radius 3 is 2.00 bits per heavy atom. The van der Waals surface area contributed by atoms with Crippen LogP contribution < -0.4 is 16.0 Å². The SMILES string of the molecule is CC(C)NCCOCCOCCNC(=O)CCOCCC(=O)NCc1ccc(-c2nncnn2)cc1. The first kappa shape index (κ1) is 29.2. The third kappa shape index (κ3) is 13.7. The van der Waals surface area contributed by atoms with Crippen molar-refractivity contribution in [3.63, 3.8) is 0 Å². The molecule has 0 aliphatic carbocycles. The number of ether oxygens (including phenoxy) is 3. The van der Waals surface area contributed by atoms with Gasteiger partial charge >= 0.3 is 0 Å². The van der Waals surface area contributed by atoms with Gasteiger partial charge in [-0.1, -0.05) is 38.1 Å². The highest BCUT2D eigenvalue weighted by Gasteiger charge is 2.05. The zero-order valence-corrected chi connectivity index (χ0v) is 21.1. The first-order valence-corrected chi connectivity index (χ1v) is 12.1. The van der Waals surface area contributed by atoms with Crippen LogP contribution in [0.1, 0.15) is 32.3 Å². The molecule has 0 bridgehead atoms. The largest absolute Gasteiger partial charge is 0.380 e. The van der Waals surface area contributed by atoms with Gasteiger partial charge in [-0.3, -0.25) is 9.59 Å². The average molecular weight is 504 g/mol. The molecule has 1 aromatic carbocycles. The van der Waals surface area contributed by atoms with Gasteiger partial charge in [0, 0.05) is 44.1 Å². The molecule has 0 fully saturated rings. The molecular formula is C24H37N7O5. The van der Waals surface area contributed by atoms with E-state index in [9.17, 15) is 9.59 Å². The minimum Gasteiger partial charge on any atom is -0.380 e. The van der Waals surface area contributed by atoms with Crippen molar-refractivity contribution in [1.29, 1.82) is 0 Å². The predicted molar refractivity (Wildman–Crippen MR) is 133 cm³/mol. The molecule has 36 heavy (non-hydrogen) atoms. The number of rotatable bonds is 19. The van der Waals surface area contributed by atoms with Crippen molar-refractivity contribution in [3.8, 4) is 11.4 Å². The Bertz CT molecular complexity index is 869. The van der Waals surface area contributed by atoms with Crippen LogP contribution >= 0.6 is 0 Å². The van der Waals surface area contributed by atoms with Gasteiger partial charge in [-0.05, 0) is 5.56 Å². The summed E-state index contributed by atoms with van der Waals surface area (Å²) in [5, 5.41) is 24.1. The molecule has 2 amide bonds. The molecule has 12 nitrogen and oxygen atoms in total. The Morgan fingerprint density at radius 1 is 0.778 bits per heavy atom. The number of aromatic nitrogens is 4. The maximum absolute atomic E-state index is 12.0. The first-order valence-electron chi connectivity index (χ1n) is 12.1. The molecule has 2 rings (SSSR count). The van der Waals surface area contributed by atoms with E-state index in [0.717, 1.165) is 17.7 Å². The molecule has 0 saturated carbocycles. The summed E-state index contributed by atoms with van der Waals surface area (Å²) in [5.41, 5.74) is 1.74. The van der Waals surface area contributed by atoms with Crippen LogP contribution in [0.15, 0.2) is 30.6 Å². The van der Waals surface area contributed by atoms with Crippen LogP contribution in [0, 0.1) is 0 Å². The lowest BCUT2D eigenvalue weighted by Crippen LogP contribution is -2.29. The van der Waals surface area contributed by atoms with Crippen LogP contribution in [0.3, 0.4) is 0 Å². The fourth-order valence-corrected chi connectivity index (χ4v) is 2.90. The fraction of sp³-hybridized carbons (Fsp3) is 0.583. The summed E-state index contributed by atoms with van der Waals surface area (Å²) >= 11 is 0. The van der Waals surface area contributed by atoms with Crippen molar-refractivity contribution in [1.82, 2.24) is 36.3 Å². The van der Waals surface area contributed by atoms with Crippen LogP contribution in [-0.2, 0) is 30.3 Å². The van der Waals surface area contributed by atoms with Crippen LogP contribution in [0.25, 0.3) is 11.4 Å². The second-order valence-electron chi connectivity index (χ2n) is 8.14. The van der Waals surface area contributed by atoms with Gasteiger partial charge in [0.1, 0.15) is 0 Å². The van der Waals surface area contributed by atoms with Crippen LogP contribution in [0.4, 0.5) is 0 Å². The summed E-state index contributed by atoms with van der Waals surface area (Å²) in [5.74, 6) is 0.203. The normalized spacial score (nSPS) is 11.0. The molecule has 0 atom stereocenters. The first-order chi connectivity index (χ1) is 17.5. The molecule has 2 aromatic rings. The molecule has 3 N–H and O–H groups in total. The minimum absolute atomic E-state index is 0.116. The fourth-order valence-electron chi connectivity index (χ4n) is 2.90. The lowest BCUT2D eigenvalue weighted by molar-refractivity contribution is -0.123. The van der Waals surface area contributed by atoms with Crippen molar-refractivity contribution in [2.45, 2.75) is 39.3 Å². The summed E-state index contributed by atoms with van der Waals surface area (Å²) in [6.45, 7) is 8.43. The lowest BCUT2D eigenvalue weighted by Gasteiger charge is -2.09. The monoisotopic (exact) mass is 503 g/mol. The number of amides is 2. The summed E-state index contributed by atoms with van der Waals surface area (Å²) in [7, 11) is 0. The number of nitrogens with zero attached hydrogens (tertiary/aromatic N) is 4. The molecule has 1 heterocycles. The molecule has 0 spiro atoms. The third-order valence-corrected chi connectivity index (χ3v) is 4.80. The van der Waals surface area contributed by atoms with E-state index < -0.39 is 0 Å². The summed E-state index contributed by atoms with van der Waals surface area (Å²) in [4.78, 5) is 23.8. The maximum Gasteiger partial charge on any atom is 0.222 e. The topological polar surface area (TPSA) is 149 Å². The Kier molecular flexibility index (Phi) is 14.8. The number of nitrogens with one attached hydrogen (secondary N) is 3. The molecule has 0 aliphatic heterocycles. The van der Waals surface area contributed by atoms with Crippen LogP contribution in [0.5, 0.6) is 0 Å². The molecule has 0 aliphatic rings. The van der Waals surface area contributed by atoms with E-state index in [1.165, 1.54) is 6.33 Å². The van der Waals surface area contributed by atoms with E-state index in [4.69, 9.17) is 14.2 Å². The van der Waals surface area contributed by atoms with Gasteiger partial charge in [-0.2, -0.15) is 0 Å². The average Bonchev–Trinajstić information content (AvgIpc) is 2.89. The van der Waals surface area contributed by atoms with Crippen molar-refractivity contribution >= 4 is 11.8 Å². The summed E-state index contributed by atoms with van der Waals surface area (Å²) in [6, 6.07) is 7.91. The smallest absolute Gasteiger partial charge is 0.222 e. The Morgan fingerprint density at radius 2 is 1.36 bits per heavy atom. The van der Waals surface area contributed by atoms with Gasteiger partial charge in [0.15, 0.2) is 6.33 Å². The van der Waals surface area contributed by atoms with E-state index in [2.05, 4.69) is 50.2 Å². The molecule has 0 unspecified atom stereocenters. The van der Waals surface area contributed by atoms with E-state index in [-0.39, 0.29) is 37.9 Å². The molecule has 198 valence electrons. The van der Waals surface area contributed by atoms with Gasteiger partial charge in [0.2, 0.25) is 17.6 Å². The lowest BCUT2D eigenvalue weighted by atomic mass is 10.1. The highest BCUT2D eigenvalue weighted by Crippen LogP contribution is 2.13. The van der Waals surface area contributed by atoms with Crippen molar-refractivity contribution in [2.24, 2.45) is 0 Å². The highest BCUT2D eigenvalue weighted by atomic mass is 16.5. The highest BCUT2D eigenvalue weighted by molar-refractivity contribution is 5.76. The van der Waals surface area contributed by atoms with Gasteiger partial charge in [-0.25, -0.2) is 0 Å². The number of hydrogen-bond acceptors (Lipinski definition) is 10. The number of benzene rings is 1. The summed E-state index contributed by atoms with van der Waals surface area (Å²) in [6.07, 6.45) is 1.73. The van der Waals surface area contributed by atoms with E-state index >= 15 is 0 Å². The molecular weight excluding hydrogens is 466 g/mol. The van der Waals surface area contributed by atoms with Crippen LogP contribution in [-0.4, -0.2) is 91.0 Å². The zero-order chi connectivity index (χ0) is 25.8. The van der Waals surface area contributed by atoms with Crippen molar-refractivity contribution < 1.29 is 23.8 Å². The van der Waals surface area contributed by atoms with Gasteiger partial charge in [0.05, 0.1) is 39.6 Å². The Balaban J connectivity index is 1.41. The quantitative estimate of drug-likeness (QED) is 0.231. The second-order valence-corrected chi connectivity index (χ2v) is 8.14. The predicted octanol–water partition coefficient (Wildman–Crippen LogP) is 0.494. The van der Waals surface area contributed by atoms with E-state index in [0.29, 0.717) is 51.4 Å². The van der Waals surface area contributed by atoms with Gasteiger partial charge < -0.3 is 30.2 Å². The minimum atomic E-state index is -0.124. The van der Waals surface area contributed by atoms with Gasteiger partial charge in [-0.15, -0.1) is 20.4 Å². The van der Waals surface area contributed by atoms with E-state index in [1.54, 1.807) is 0 Å². The molecule has 12 heteroatoms. The number of carbonyl (C=O) groups is 2. The molecule has 0 radical (unpaired) electrons.